The Balaban J connectivity index is -0.0000000666. The van der Waals surface area contributed by atoms with E-state index >= 15 is 0 Å². The lowest BCUT2D eigenvalue weighted by atomic mass is 10.2. The van der Waals surface area contributed by atoms with Gasteiger partial charge in [-0.05, 0) is 12.8 Å². The first kappa shape index (κ1) is 155. The number of ether oxygens (including phenoxy) is 12. The average Bonchev–Trinajstić information content (AvgIpc) is 1.73. The van der Waals surface area contributed by atoms with E-state index in [2.05, 4.69) is 128 Å². The van der Waals surface area contributed by atoms with Gasteiger partial charge in [-0.25, -0.2) is 48.5 Å². The van der Waals surface area contributed by atoms with Crippen LogP contribution in [0.5, 0.6) is 0 Å². The predicted molar refractivity (Wildman–Crippen MR) is 463 cm³/mol. The lowest BCUT2D eigenvalue weighted by Gasteiger charge is -2.25. The Morgan fingerprint density at radius 1 is 0.282 bits per heavy atom. The first-order chi connectivity index (χ1) is 46.4. The van der Waals surface area contributed by atoms with Gasteiger partial charge in [-0.15, -0.1) is 114 Å². The van der Waals surface area contributed by atoms with Crippen LogP contribution in [-0.4, -0.2) is 239 Å². The summed E-state index contributed by atoms with van der Waals surface area (Å²) in [4.78, 5) is 39.9. The molecule has 0 saturated heterocycles. The molecule has 2 rings (SSSR count). The smallest absolute Gasteiger partial charge is 0.142 e. The molecule has 26 nitrogen and oxygen atoms in total. The molecule has 652 valence electrons. The van der Waals surface area contributed by atoms with Crippen LogP contribution in [-0.2, 0) is 109 Å². The van der Waals surface area contributed by atoms with E-state index in [1.54, 1.807) is 9.36 Å². The molecule has 110 heavy (non-hydrogen) atoms. The van der Waals surface area contributed by atoms with Gasteiger partial charge in [0.15, 0.2) is 0 Å². The van der Waals surface area contributed by atoms with Gasteiger partial charge >= 0.3 is 0 Å². The fourth-order valence-corrected chi connectivity index (χ4v) is 6.35. The highest BCUT2D eigenvalue weighted by molar-refractivity contribution is 4.95. The second kappa shape index (κ2) is 131. The summed E-state index contributed by atoms with van der Waals surface area (Å²) in [5.41, 5.74) is 1.70. The molecule has 0 atom stereocenters. The van der Waals surface area contributed by atoms with Crippen LogP contribution in [0.15, 0.2) is 65.0 Å². The van der Waals surface area contributed by atoms with E-state index in [-0.39, 0.29) is 257 Å². The van der Waals surface area contributed by atoms with Gasteiger partial charge in [-0.1, -0.05) is 203 Å². The summed E-state index contributed by atoms with van der Waals surface area (Å²) < 4.78 is 72.2. The van der Waals surface area contributed by atoms with Gasteiger partial charge in [0.2, 0.25) is 0 Å². The van der Waals surface area contributed by atoms with Crippen molar-refractivity contribution in [1.82, 2.24) is 30.0 Å². The summed E-state index contributed by atoms with van der Waals surface area (Å²) in [5, 5.41) is 17.1. The zero-order valence-corrected chi connectivity index (χ0v) is 55.4. The van der Waals surface area contributed by atoms with E-state index in [1.165, 1.54) is 0 Å². The minimum absolute atomic E-state index is 0. The average molecular weight is 1580 g/mol. The third kappa shape index (κ3) is 98.9. The second-order valence-corrected chi connectivity index (χ2v) is 17.3. The molecule has 26 heteroatoms. The summed E-state index contributed by atoms with van der Waals surface area (Å²) in [6, 6.07) is -0.751. The third-order valence-electron chi connectivity index (χ3n) is 10.3. The van der Waals surface area contributed by atoms with Crippen LogP contribution in [0.1, 0.15) is 169 Å². The Morgan fingerprint density at radius 2 is 0.473 bits per heavy atom. The molecule has 0 aliphatic heterocycles. The minimum atomic E-state index is -0.613. The highest BCUT2D eigenvalue weighted by Crippen LogP contribution is 2.15. The SMILES string of the molecule is C.C.C.C.C.C.C.C.C.C.C.C.C.C.C.C.C#CCOCCOCC(COCCOCC#C)OCC(COC(COCCOCC#C)COCCOCC#C)n1cc(CCC)nn1.C#CCOOCC(COOCC#C)OCC(COC(COOCC#C)COOCC#C)n1cc(CCC)nn1.C=C.C=C.C=C.C=C. The highest BCUT2D eigenvalue weighted by atomic mass is 17.2. The molecule has 0 bridgehead atoms. The lowest BCUT2D eigenvalue weighted by molar-refractivity contribution is -0.330. The number of terminal acetylenes is 8. The molecule has 2 aromatic heterocycles. The van der Waals surface area contributed by atoms with E-state index in [4.69, 9.17) is 147 Å². The number of rotatable bonds is 58. The van der Waals surface area contributed by atoms with Crippen LogP contribution in [0.3, 0.4) is 0 Å². The normalized spacial score (nSPS) is 8.80. The Hall–Kier alpha value is -7.08. The van der Waals surface area contributed by atoms with Crippen molar-refractivity contribution in [1.29, 1.82) is 0 Å². The van der Waals surface area contributed by atoms with Crippen molar-refractivity contribution in [3.8, 4) is 98.8 Å². The Morgan fingerprint density at radius 3 is 0.664 bits per heavy atom. The molecule has 2 aromatic rings. The fraction of sp³-hybridized carbons (Fsp3) is 0.667. The molecule has 0 unspecified atom stereocenters. The molecule has 0 spiro atoms. The zero-order valence-electron chi connectivity index (χ0n) is 55.4. The Bertz CT molecular complexity index is 2130. The molecule has 2 heterocycles. The van der Waals surface area contributed by atoms with Crippen LogP contribution >= 0.6 is 0 Å². The monoisotopic (exact) mass is 1580 g/mol. The van der Waals surface area contributed by atoms with E-state index in [1.807, 2.05) is 19.3 Å². The standard InChI is InChI=1S/C34H51N3O10.C26H35N3O10.4C2H4.16CH4/c1-6-11-31-24-37(36-35-31)32(25-46-33(27-42-20-16-38-12-7-2)28-43-21-17-39-13-8-3)26-47-34(29-44-22-18-40-14-9-4)30-45-23-19-41-15-10-5;1-6-11-23-16-29(28-27-23)24(17-30-25(19-36-32-12-7-2)20-37-33-13-8-3)18-31-26(21-38-34-14-9-4)22-39-35-15-10-5;4*1-2;;;;;;;;;;;;;;;;/h2-5,24,32-34H,6,11-23,25-30H2,1H3;2-5,16,24-26H,6,11-15,17-22H2,1H3;4*1-2H2;16*1H4. The summed E-state index contributed by atoms with van der Waals surface area (Å²) in [6.45, 7) is 33.6. The molecule has 0 fully saturated rings. The summed E-state index contributed by atoms with van der Waals surface area (Å²) in [6.07, 6.45) is 46.7. The second-order valence-electron chi connectivity index (χ2n) is 17.3. The predicted octanol–water partition coefficient (Wildman–Crippen LogP) is 15.5. The highest BCUT2D eigenvalue weighted by Gasteiger charge is 2.24. The van der Waals surface area contributed by atoms with Crippen LogP contribution in [0, 0.1) is 98.8 Å². The topological polar surface area (TPSA) is 246 Å². The fourth-order valence-electron chi connectivity index (χ4n) is 6.35. The molecule has 0 saturated carbocycles. The van der Waals surface area contributed by atoms with E-state index in [0.29, 0.717) is 52.9 Å². The van der Waals surface area contributed by atoms with Crippen molar-refractivity contribution >= 4 is 0 Å². The van der Waals surface area contributed by atoms with Crippen molar-refractivity contribution in [2.75, 3.05) is 185 Å². The molecular weight excluding hydrogens is 1410 g/mol. The number of hydrogen-bond donors (Lipinski definition) is 0. The van der Waals surface area contributed by atoms with Gasteiger partial charge in [-0.2, -0.15) is 0 Å². The number of hydrogen-bond acceptors (Lipinski definition) is 24. The maximum Gasteiger partial charge on any atom is 0.142 e. The third-order valence-corrected chi connectivity index (χ3v) is 10.3. The number of aromatic nitrogens is 6. The summed E-state index contributed by atoms with van der Waals surface area (Å²) in [5.74, 6) is 18.9. The van der Waals surface area contributed by atoms with E-state index in [0.717, 1.165) is 37.1 Å². The molecule has 0 radical (unpaired) electrons. The van der Waals surface area contributed by atoms with Crippen molar-refractivity contribution in [3.05, 3.63) is 76.4 Å². The Kier molecular flexibility index (Phi) is 186. The minimum Gasteiger partial charge on any atom is -0.376 e. The molecule has 0 N–H and O–H groups in total. The van der Waals surface area contributed by atoms with Crippen LogP contribution in [0.25, 0.3) is 0 Å². The van der Waals surface area contributed by atoms with Gasteiger partial charge in [-0.3, -0.25) is 0 Å². The summed E-state index contributed by atoms with van der Waals surface area (Å²) in [7, 11) is 0. The van der Waals surface area contributed by atoms with E-state index < -0.39 is 30.5 Å². The number of nitrogens with zero attached hydrogens (tertiary/aromatic N) is 6. The van der Waals surface area contributed by atoms with Crippen molar-refractivity contribution in [3.63, 3.8) is 0 Å². The summed E-state index contributed by atoms with van der Waals surface area (Å²) >= 11 is 0. The lowest BCUT2D eigenvalue weighted by Crippen LogP contribution is -2.34. The van der Waals surface area contributed by atoms with Crippen molar-refractivity contribution in [2.24, 2.45) is 0 Å². The quantitative estimate of drug-likeness (QED) is 0.0196. The van der Waals surface area contributed by atoms with E-state index in [9.17, 15) is 0 Å². The molecule has 0 aliphatic rings. The maximum atomic E-state index is 6.30. The van der Waals surface area contributed by atoms with Gasteiger partial charge in [0, 0.05) is 12.4 Å². The molecule has 0 aliphatic carbocycles. The maximum absolute atomic E-state index is 6.30. The van der Waals surface area contributed by atoms with Gasteiger partial charge in [0.25, 0.3) is 0 Å². The Labute approximate surface area is 678 Å². The van der Waals surface area contributed by atoms with Crippen LogP contribution in [0.2, 0.25) is 0 Å². The van der Waals surface area contributed by atoms with Gasteiger partial charge < -0.3 is 56.8 Å². The van der Waals surface area contributed by atoms with Crippen molar-refractivity contribution < 1.29 is 95.9 Å². The molecule has 0 amide bonds. The number of aryl methyl sites for hydroxylation is 2. The van der Waals surface area contributed by atoms with Crippen LogP contribution < -0.4 is 0 Å². The first-order valence-corrected chi connectivity index (χ1v) is 29.7. The molecular formula is C84H166N6O20. The largest absolute Gasteiger partial charge is 0.376 e. The van der Waals surface area contributed by atoms with Gasteiger partial charge in [0.05, 0.1) is 117 Å². The van der Waals surface area contributed by atoms with Crippen molar-refractivity contribution in [2.45, 2.75) is 195 Å². The molecule has 0 aromatic carbocycles. The zero-order chi connectivity index (χ0) is 70.4. The van der Waals surface area contributed by atoms with Gasteiger partial charge in [0.1, 0.15) is 116 Å². The van der Waals surface area contributed by atoms with Crippen LogP contribution in [0.4, 0.5) is 0 Å². The first-order valence-electron chi connectivity index (χ1n) is 29.7.